The molecule has 0 aliphatic heterocycles. The van der Waals surface area contributed by atoms with E-state index < -0.39 is 0 Å². The quantitative estimate of drug-likeness (QED) is 0.899. The Morgan fingerprint density at radius 3 is 2.94 bits per heavy atom. The SMILES string of the molecule is NCC1CCCC1n1cc(Br)c2ccccc21. The van der Waals surface area contributed by atoms with Crippen molar-refractivity contribution < 1.29 is 0 Å². The molecule has 2 atom stereocenters. The second-order valence-electron chi connectivity index (χ2n) is 4.90. The number of para-hydroxylation sites is 1. The van der Waals surface area contributed by atoms with E-state index in [0.717, 1.165) is 6.54 Å². The van der Waals surface area contributed by atoms with Crippen LogP contribution in [-0.4, -0.2) is 11.1 Å². The number of nitrogens with two attached hydrogens (primary N) is 1. The molecule has 1 saturated carbocycles. The molecule has 2 aromatic rings. The highest BCUT2D eigenvalue weighted by atomic mass is 79.9. The number of halogens is 1. The molecule has 3 rings (SSSR count). The van der Waals surface area contributed by atoms with Crippen molar-refractivity contribution in [2.75, 3.05) is 6.54 Å². The molecule has 1 aromatic carbocycles. The first kappa shape index (κ1) is 11.3. The van der Waals surface area contributed by atoms with Crippen LogP contribution in [0.5, 0.6) is 0 Å². The maximum Gasteiger partial charge on any atom is 0.0494 e. The van der Waals surface area contributed by atoms with Gasteiger partial charge >= 0.3 is 0 Å². The summed E-state index contributed by atoms with van der Waals surface area (Å²) in [5.41, 5.74) is 7.21. The molecule has 2 N–H and O–H groups in total. The molecule has 0 spiro atoms. The average Bonchev–Trinajstić information content (AvgIpc) is 2.94. The molecule has 1 aliphatic rings. The first-order chi connectivity index (χ1) is 8.31. The minimum absolute atomic E-state index is 0.580. The van der Waals surface area contributed by atoms with Crippen molar-refractivity contribution in [1.29, 1.82) is 0 Å². The van der Waals surface area contributed by atoms with Crippen molar-refractivity contribution in [2.45, 2.75) is 25.3 Å². The Hall–Kier alpha value is -0.800. The van der Waals surface area contributed by atoms with E-state index in [0.29, 0.717) is 12.0 Å². The van der Waals surface area contributed by atoms with Crippen LogP contribution >= 0.6 is 15.9 Å². The topological polar surface area (TPSA) is 30.9 Å². The first-order valence-electron chi connectivity index (χ1n) is 6.26. The minimum atomic E-state index is 0.580. The van der Waals surface area contributed by atoms with Crippen LogP contribution in [-0.2, 0) is 0 Å². The molecular formula is C14H17BrN2. The Labute approximate surface area is 110 Å². The highest BCUT2D eigenvalue weighted by Crippen LogP contribution is 2.39. The van der Waals surface area contributed by atoms with Gasteiger partial charge in [-0.2, -0.15) is 0 Å². The van der Waals surface area contributed by atoms with Crippen molar-refractivity contribution in [3.05, 3.63) is 34.9 Å². The van der Waals surface area contributed by atoms with E-state index in [-0.39, 0.29) is 0 Å². The minimum Gasteiger partial charge on any atom is -0.343 e. The fourth-order valence-corrected chi connectivity index (χ4v) is 3.65. The number of hydrogen-bond donors (Lipinski definition) is 1. The zero-order chi connectivity index (χ0) is 11.8. The number of nitrogens with zero attached hydrogens (tertiary/aromatic N) is 1. The maximum absolute atomic E-state index is 5.89. The molecule has 3 heteroatoms. The number of benzene rings is 1. The van der Waals surface area contributed by atoms with Crippen LogP contribution < -0.4 is 5.73 Å². The summed E-state index contributed by atoms with van der Waals surface area (Å²) < 4.78 is 3.61. The largest absolute Gasteiger partial charge is 0.343 e. The number of aromatic nitrogens is 1. The summed E-state index contributed by atoms with van der Waals surface area (Å²) >= 11 is 3.65. The third kappa shape index (κ3) is 1.81. The second-order valence-corrected chi connectivity index (χ2v) is 5.75. The summed E-state index contributed by atoms with van der Waals surface area (Å²) in [5, 5.41) is 1.30. The molecule has 0 radical (unpaired) electrons. The van der Waals surface area contributed by atoms with Gasteiger partial charge in [0.05, 0.1) is 0 Å². The molecule has 2 nitrogen and oxygen atoms in total. The van der Waals surface area contributed by atoms with Gasteiger partial charge in [-0.05, 0) is 47.3 Å². The third-order valence-electron chi connectivity index (χ3n) is 3.97. The van der Waals surface area contributed by atoms with Crippen LogP contribution in [0, 0.1) is 5.92 Å². The predicted molar refractivity (Wildman–Crippen MR) is 75.1 cm³/mol. The lowest BCUT2D eigenvalue weighted by Crippen LogP contribution is -2.21. The predicted octanol–water partition coefficient (Wildman–Crippen LogP) is 3.70. The van der Waals surface area contributed by atoms with Gasteiger partial charge in [0.1, 0.15) is 0 Å². The van der Waals surface area contributed by atoms with Gasteiger partial charge in [0.25, 0.3) is 0 Å². The van der Waals surface area contributed by atoms with Crippen molar-refractivity contribution in [2.24, 2.45) is 11.7 Å². The van der Waals surface area contributed by atoms with Crippen molar-refractivity contribution in [3.8, 4) is 0 Å². The Bertz CT molecular complexity index is 532. The van der Waals surface area contributed by atoms with E-state index in [4.69, 9.17) is 5.73 Å². The summed E-state index contributed by atoms with van der Waals surface area (Å²) in [6.45, 7) is 0.800. The Morgan fingerprint density at radius 2 is 2.12 bits per heavy atom. The van der Waals surface area contributed by atoms with E-state index in [1.807, 2.05) is 0 Å². The smallest absolute Gasteiger partial charge is 0.0494 e. The van der Waals surface area contributed by atoms with Gasteiger partial charge in [-0.25, -0.2) is 0 Å². The molecule has 1 fully saturated rings. The molecule has 2 unspecified atom stereocenters. The van der Waals surface area contributed by atoms with Crippen molar-refractivity contribution in [1.82, 2.24) is 4.57 Å². The molecule has 0 bridgehead atoms. The summed E-state index contributed by atoms with van der Waals surface area (Å²) in [6.07, 6.45) is 6.05. The van der Waals surface area contributed by atoms with Crippen molar-refractivity contribution in [3.63, 3.8) is 0 Å². The number of rotatable bonds is 2. The van der Waals surface area contributed by atoms with E-state index in [1.165, 1.54) is 34.6 Å². The Kier molecular flexibility index (Phi) is 2.97. The van der Waals surface area contributed by atoms with E-state index in [2.05, 4.69) is 51.0 Å². The summed E-state index contributed by atoms with van der Waals surface area (Å²) in [6, 6.07) is 9.15. The summed E-state index contributed by atoms with van der Waals surface area (Å²) in [4.78, 5) is 0. The van der Waals surface area contributed by atoms with Gasteiger partial charge in [-0.1, -0.05) is 24.6 Å². The lowest BCUT2D eigenvalue weighted by atomic mass is 10.0. The lowest BCUT2D eigenvalue weighted by Gasteiger charge is -2.20. The van der Waals surface area contributed by atoms with E-state index in [9.17, 15) is 0 Å². The van der Waals surface area contributed by atoms with Gasteiger partial charge in [0.2, 0.25) is 0 Å². The van der Waals surface area contributed by atoms with Crippen LogP contribution in [0.1, 0.15) is 25.3 Å². The Morgan fingerprint density at radius 1 is 1.29 bits per heavy atom. The monoisotopic (exact) mass is 292 g/mol. The van der Waals surface area contributed by atoms with E-state index in [1.54, 1.807) is 0 Å². The van der Waals surface area contributed by atoms with Crippen molar-refractivity contribution >= 4 is 26.8 Å². The number of hydrogen-bond acceptors (Lipinski definition) is 1. The normalized spacial score (nSPS) is 24.6. The van der Waals surface area contributed by atoms with Crippen LogP contribution in [0.15, 0.2) is 34.9 Å². The molecule has 17 heavy (non-hydrogen) atoms. The third-order valence-corrected chi connectivity index (χ3v) is 4.60. The van der Waals surface area contributed by atoms with Crippen LogP contribution in [0.25, 0.3) is 10.9 Å². The van der Waals surface area contributed by atoms with Crippen LogP contribution in [0.2, 0.25) is 0 Å². The van der Waals surface area contributed by atoms with Crippen LogP contribution in [0.4, 0.5) is 0 Å². The standard InChI is InChI=1S/C14H17BrN2/c15-12-9-17(13-7-3-4-10(13)8-16)14-6-2-1-5-11(12)14/h1-2,5-6,9-10,13H,3-4,7-8,16H2. The van der Waals surface area contributed by atoms with E-state index >= 15 is 0 Å². The molecule has 1 aromatic heterocycles. The zero-order valence-electron chi connectivity index (χ0n) is 9.77. The lowest BCUT2D eigenvalue weighted by molar-refractivity contribution is 0.396. The fraction of sp³-hybridized carbons (Fsp3) is 0.429. The molecule has 90 valence electrons. The van der Waals surface area contributed by atoms with Gasteiger partial charge in [-0.15, -0.1) is 0 Å². The molecule has 1 aliphatic carbocycles. The zero-order valence-corrected chi connectivity index (χ0v) is 11.4. The highest BCUT2D eigenvalue weighted by Gasteiger charge is 2.28. The fourth-order valence-electron chi connectivity index (χ4n) is 3.09. The maximum atomic E-state index is 5.89. The number of fused-ring (bicyclic) bond motifs is 1. The molecular weight excluding hydrogens is 276 g/mol. The van der Waals surface area contributed by atoms with Gasteiger partial charge in [-0.3, -0.25) is 0 Å². The van der Waals surface area contributed by atoms with Gasteiger partial charge in [0, 0.05) is 27.6 Å². The van der Waals surface area contributed by atoms with Crippen LogP contribution in [0.3, 0.4) is 0 Å². The second kappa shape index (κ2) is 4.46. The molecule has 0 amide bonds. The summed E-state index contributed by atoms with van der Waals surface area (Å²) in [7, 11) is 0. The van der Waals surface area contributed by atoms with Gasteiger partial charge < -0.3 is 10.3 Å². The average molecular weight is 293 g/mol. The molecule has 1 heterocycles. The highest BCUT2D eigenvalue weighted by molar-refractivity contribution is 9.10. The summed E-state index contributed by atoms with van der Waals surface area (Å²) in [5.74, 6) is 0.637. The van der Waals surface area contributed by atoms with Gasteiger partial charge in [0.15, 0.2) is 0 Å². The molecule has 0 saturated heterocycles. The first-order valence-corrected chi connectivity index (χ1v) is 7.05. The Balaban J connectivity index is 2.11.